The fourth-order valence-corrected chi connectivity index (χ4v) is 2.79. The zero-order valence-electron chi connectivity index (χ0n) is 14.3. The van der Waals surface area contributed by atoms with Gasteiger partial charge in [0.2, 0.25) is 12.7 Å². The molecule has 4 rings (SSSR count). The van der Waals surface area contributed by atoms with Crippen LogP contribution in [0.5, 0.6) is 11.5 Å². The topological polar surface area (TPSA) is 87.2 Å². The second-order valence-corrected chi connectivity index (χ2v) is 6.20. The molecule has 2 aromatic heterocycles. The van der Waals surface area contributed by atoms with Gasteiger partial charge in [0.15, 0.2) is 11.5 Å². The van der Waals surface area contributed by atoms with E-state index in [-0.39, 0.29) is 6.79 Å². The minimum atomic E-state index is 0.235. The highest BCUT2D eigenvalue weighted by atomic mass is 16.7. The van der Waals surface area contributed by atoms with Gasteiger partial charge in [0.05, 0.1) is 5.69 Å². The van der Waals surface area contributed by atoms with Crippen LogP contribution in [0.15, 0.2) is 28.8 Å². The van der Waals surface area contributed by atoms with Gasteiger partial charge in [-0.1, -0.05) is 18.9 Å². The van der Waals surface area contributed by atoms with Crippen molar-refractivity contribution in [2.24, 2.45) is 7.05 Å². The smallest absolute Gasteiger partial charge is 0.316 e. The molecular weight excluding hydrogens is 322 g/mol. The SMILES string of the molecule is CC(C)c1nn(C)cc1CNc1nnc(-c2ccc3c(c2)OCO3)o1. The van der Waals surface area contributed by atoms with Crippen LogP contribution in [-0.4, -0.2) is 26.8 Å². The number of hydrogen-bond donors (Lipinski definition) is 1. The molecule has 8 heteroatoms. The van der Waals surface area contributed by atoms with Gasteiger partial charge in [-0.15, -0.1) is 5.10 Å². The Morgan fingerprint density at radius 2 is 2.04 bits per heavy atom. The van der Waals surface area contributed by atoms with Crippen molar-refractivity contribution in [2.45, 2.75) is 26.3 Å². The lowest BCUT2D eigenvalue weighted by atomic mass is 10.1. The summed E-state index contributed by atoms with van der Waals surface area (Å²) in [4.78, 5) is 0. The van der Waals surface area contributed by atoms with Crippen LogP contribution in [0.1, 0.15) is 31.0 Å². The predicted molar refractivity (Wildman–Crippen MR) is 90.5 cm³/mol. The van der Waals surface area contributed by atoms with E-state index in [1.54, 1.807) is 0 Å². The van der Waals surface area contributed by atoms with Crippen molar-refractivity contribution in [2.75, 3.05) is 12.1 Å². The highest BCUT2D eigenvalue weighted by Gasteiger charge is 2.17. The number of nitrogens with zero attached hydrogens (tertiary/aromatic N) is 4. The van der Waals surface area contributed by atoms with Crippen LogP contribution in [0.2, 0.25) is 0 Å². The molecule has 1 aliphatic heterocycles. The van der Waals surface area contributed by atoms with Crippen molar-refractivity contribution in [3.8, 4) is 23.0 Å². The van der Waals surface area contributed by atoms with Crippen molar-refractivity contribution in [3.05, 3.63) is 35.7 Å². The molecular formula is C17H19N5O3. The first-order valence-corrected chi connectivity index (χ1v) is 8.10. The third kappa shape index (κ3) is 3.02. The molecule has 0 bridgehead atoms. The van der Waals surface area contributed by atoms with E-state index in [1.807, 2.05) is 36.1 Å². The summed E-state index contributed by atoms with van der Waals surface area (Å²) >= 11 is 0. The summed E-state index contributed by atoms with van der Waals surface area (Å²) in [5.41, 5.74) is 2.96. The van der Waals surface area contributed by atoms with Crippen LogP contribution >= 0.6 is 0 Å². The fraction of sp³-hybridized carbons (Fsp3) is 0.353. The Hall–Kier alpha value is -3.03. The Bertz CT molecular complexity index is 900. The molecule has 3 heterocycles. The average molecular weight is 341 g/mol. The molecule has 130 valence electrons. The highest BCUT2D eigenvalue weighted by molar-refractivity contribution is 5.60. The van der Waals surface area contributed by atoms with Crippen molar-refractivity contribution >= 4 is 6.01 Å². The predicted octanol–water partition coefficient (Wildman–Crippen LogP) is 2.93. The van der Waals surface area contributed by atoms with Crippen LogP contribution < -0.4 is 14.8 Å². The molecule has 0 aliphatic carbocycles. The number of nitrogens with one attached hydrogen (secondary N) is 1. The van der Waals surface area contributed by atoms with Gasteiger partial charge in [-0.05, 0) is 24.1 Å². The molecule has 1 N–H and O–H groups in total. The first-order valence-electron chi connectivity index (χ1n) is 8.10. The first-order chi connectivity index (χ1) is 12.1. The maximum atomic E-state index is 5.70. The lowest BCUT2D eigenvalue weighted by Crippen LogP contribution is -2.02. The maximum absolute atomic E-state index is 5.70. The lowest BCUT2D eigenvalue weighted by molar-refractivity contribution is 0.174. The second kappa shape index (κ2) is 6.12. The van der Waals surface area contributed by atoms with Gasteiger partial charge in [0.1, 0.15) is 0 Å². The molecule has 1 aliphatic rings. The Labute approximate surface area is 144 Å². The Morgan fingerprint density at radius 3 is 2.88 bits per heavy atom. The number of fused-ring (bicyclic) bond motifs is 1. The maximum Gasteiger partial charge on any atom is 0.316 e. The lowest BCUT2D eigenvalue weighted by Gasteiger charge is -2.05. The second-order valence-electron chi connectivity index (χ2n) is 6.20. The van der Waals surface area contributed by atoms with Crippen LogP contribution in [0.3, 0.4) is 0 Å². The average Bonchev–Trinajstić information content (AvgIpc) is 3.31. The zero-order chi connectivity index (χ0) is 17.4. The third-order valence-electron chi connectivity index (χ3n) is 3.96. The summed E-state index contributed by atoms with van der Waals surface area (Å²) in [7, 11) is 1.92. The van der Waals surface area contributed by atoms with Gasteiger partial charge in [0, 0.05) is 30.9 Å². The largest absolute Gasteiger partial charge is 0.454 e. The Balaban J connectivity index is 1.49. The minimum Gasteiger partial charge on any atom is -0.454 e. The number of rotatable bonds is 5. The monoisotopic (exact) mass is 341 g/mol. The van der Waals surface area contributed by atoms with Crippen LogP contribution in [0, 0.1) is 0 Å². The van der Waals surface area contributed by atoms with Gasteiger partial charge in [-0.25, -0.2) is 0 Å². The summed E-state index contributed by atoms with van der Waals surface area (Å²) in [6.07, 6.45) is 2.00. The van der Waals surface area contributed by atoms with Crippen molar-refractivity contribution in [1.29, 1.82) is 0 Å². The number of aromatic nitrogens is 4. The van der Waals surface area contributed by atoms with E-state index >= 15 is 0 Å². The number of ether oxygens (including phenoxy) is 2. The van der Waals surface area contributed by atoms with Crippen molar-refractivity contribution in [3.63, 3.8) is 0 Å². The molecule has 0 saturated carbocycles. The molecule has 0 amide bonds. The van der Waals surface area contributed by atoms with E-state index < -0.39 is 0 Å². The summed E-state index contributed by atoms with van der Waals surface area (Å²) in [5, 5.41) is 15.8. The van der Waals surface area contributed by atoms with Crippen molar-refractivity contribution < 1.29 is 13.9 Å². The van der Waals surface area contributed by atoms with Gasteiger partial charge >= 0.3 is 6.01 Å². The molecule has 0 spiro atoms. The van der Waals surface area contributed by atoms with Gasteiger partial charge in [-0.2, -0.15) is 5.10 Å². The van der Waals surface area contributed by atoms with Crippen LogP contribution in [0.4, 0.5) is 6.01 Å². The molecule has 3 aromatic rings. The Kier molecular flexibility index (Phi) is 3.79. The standard InChI is InChI=1S/C17H19N5O3/c1-10(2)15-12(8-22(3)21-15)7-18-17-20-19-16(25-17)11-4-5-13-14(6-11)24-9-23-13/h4-6,8,10H,7,9H2,1-3H3,(H,18,20). The normalized spacial score (nSPS) is 12.8. The van der Waals surface area contributed by atoms with E-state index in [9.17, 15) is 0 Å². The van der Waals surface area contributed by atoms with E-state index in [0.29, 0.717) is 30.1 Å². The number of hydrogen-bond acceptors (Lipinski definition) is 7. The van der Waals surface area contributed by atoms with Gasteiger partial charge < -0.3 is 19.2 Å². The van der Waals surface area contributed by atoms with Crippen LogP contribution in [0.25, 0.3) is 11.5 Å². The number of benzene rings is 1. The molecule has 8 nitrogen and oxygen atoms in total. The summed E-state index contributed by atoms with van der Waals surface area (Å²) < 4.78 is 18.2. The van der Waals surface area contributed by atoms with E-state index in [4.69, 9.17) is 13.9 Å². The molecule has 0 fully saturated rings. The molecule has 0 atom stereocenters. The quantitative estimate of drug-likeness (QED) is 0.763. The minimum absolute atomic E-state index is 0.235. The molecule has 25 heavy (non-hydrogen) atoms. The third-order valence-corrected chi connectivity index (χ3v) is 3.96. The van der Waals surface area contributed by atoms with Gasteiger partial charge in [0.25, 0.3) is 0 Å². The molecule has 0 saturated heterocycles. The molecule has 0 radical (unpaired) electrons. The summed E-state index contributed by atoms with van der Waals surface area (Å²) in [5.74, 6) is 2.18. The molecule has 1 aromatic carbocycles. The molecule has 0 unspecified atom stereocenters. The van der Waals surface area contributed by atoms with Gasteiger partial charge in [-0.3, -0.25) is 4.68 Å². The number of anilines is 1. The Morgan fingerprint density at radius 1 is 1.20 bits per heavy atom. The van der Waals surface area contributed by atoms with Crippen molar-refractivity contribution in [1.82, 2.24) is 20.0 Å². The van der Waals surface area contributed by atoms with Crippen LogP contribution in [-0.2, 0) is 13.6 Å². The highest BCUT2D eigenvalue weighted by Crippen LogP contribution is 2.35. The van der Waals surface area contributed by atoms with E-state index in [2.05, 4.69) is 34.5 Å². The summed E-state index contributed by atoms with van der Waals surface area (Å²) in [6, 6.07) is 5.89. The van der Waals surface area contributed by atoms with E-state index in [1.165, 1.54) is 0 Å². The summed E-state index contributed by atoms with van der Waals surface area (Å²) in [6.45, 7) is 5.05. The number of aryl methyl sites for hydroxylation is 1. The first kappa shape index (κ1) is 15.5. The zero-order valence-corrected chi connectivity index (χ0v) is 14.3. The van der Waals surface area contributed by atoms with E-state index in [0.717, 1.165) is 22.6 Å². The fourth-order valence-electron chi connectivity index (χ4n) is 2.79.